The van der Waals surface area contributed by atoms with Crippen LogP contribution in [0.3, 0.4) is 0 Å². The van der Waals surface area contributed by atoms with Gasteiger partial charge in [0.1, 0.15) is 0 Å². The Morgan fingerprint density at radius 2 is 1.04 bits per heavy atom. The minimum atomic E-state index is 1.13. The summed E-state index contributed by atoms with van der Waals surface area (Å²) in [6.45, 7) is 0. The molecule has 0 saturated carbocycles. The highest BCUT2D eigenvalue weighted by Crippen LogP contribution is 2.46. The number of para-hydroxylation sites is 3. The largest absolute Gasteiger partial charge is 0.309 e. The average molecular weight is 642 g/mol. The second-order valence-electron chi connectivity index (χ2n) is 12.8. The Morgan fingerprint density at radius 3 is 1.78 bits per heavy atom. The molecule has 11 rings (SSSR count). The monoisotopic (exact) mass is 641 g/mol. The van der Waals surface area contributed by atoms with Crippen molar-refractivity contribution in [1.82, 2.24) is 14.1 Å². The molecule has 0 unspecified atom stereocenters. The van der Waals surface area contributed by atoms with Gasteiger partial charge in [0, 0.05) is 65.1 Å². The summed E-state index contributed by atoms with van der Waals surface area (Å²) in [6.07, 6.45) is 3.87. The first-order valence-corrected chi connectivity index (χ1v) is 17.4. The maximum atomic E-state index is 4.54. The van der Waals surface area contributed by atoms with Gasteiger partial charge in [0.2, 0.25) is 0 Å². The molecule has 4 heterocycles. The van der Waals surface area contributed by atoms with Crippen molar-refractivity contribution in [2.45, 2.75) is 0 Å². The SMILES string of the molecule is c1cc(-n2c3ccccc3c3ccc(-c4c(-n5c6ccccc6c6ccccc65)ccc5c4sc4ccccc45)cc32)c2cnccc2c1. The van der Waals surface area contributed by atoms with E-state index < -0.39 is 0 Å². The van der Waals surface area contributed by atoms with Crippen LogP contribution in [0, 0.1) is 0 Å². The summed E-state index contributed by atoms with van der Waals surface area (Å²) < 4.78 is 7.51. The molecule has 0 radical (unpaired) electrons. The van der Waals surface area contributed by atoms with Crippen molar-refractivity contribution in [3.8, 4) is 22.5 Å². The number of pyridine rings is 1. The minimum absolute atomic E-state index is 1.13. The molecule has 7 aromatic carbocycles. The Morgan fingerprint density at radius 1 is 0.429 bits per heavy atom. The van der Waals surface area contributed by atoms with Crippen LogP contribution in [0.2, 0.25) is 0 Å². The van der Waals surface area contributed by atoms with E-state index in [1.807, 2.05) is 23.7 Å². The lowest BCUT2D eigenvalue weighted by Crippen LogP contribution is -1.98. The molecule has 0 bridgehead atoms. The molecule has 0 aliphatic heterocycles. The predicted molar refractivity (Wildman–Crippen MR) is 209 cm³/mol. The van der Waals surface area contributed by atoms with Crippen molar-refractivity contribution in [2.24, 2.45) is 0 Å². The number of nitrogens with zero attached hydrogens (tertiary/aromatic N) is 3. The second-order valence-corrected chi connectivity index (χ2v) is 13.8. The zero-order chi connectivity index (χ0) is 32.1. The summed E-state index contributed by atoms with van der Waals surface area (Å²) in [5.41, 5.74) is 9.57. The van der Waals surface area contributed by atoms with E-state index in [1.54, 1.807) is 0 Å². The van der Waals surface area contributed by atoms with Crippen LogP contribution in [0.15, 0.2) is 164 Å². The van der Waals surface area contributed by atoms with Crippen LogP contribution in [0.25, 0.3) is 97.1 Å². The van der Waals surface area contributed by atoms with Crippen LogP contribution >= 0.6 is 11.3 Å². The lowest BCUT2D eigenvalue weighted by molar-refractivity contribution is 1.18. The standard InChI is InChI=1S/C45H27N3S/c1-5-15-37-30(11-1)31-12-2-6-16-38(31)47(37)41-23-22-35-34-14-4-8-19-43(34)49-45(35)44(41)29-20-21-33-32-13-3-7-17-39(32)48(42(33)26-29)40-18-9-10-28-24-25-46-27-36(28)40/h1-27H. The summed E-state index contributed by atoms with van der Waals surface area (Å²) >= 11 is 1.89. The molecule has 0 fully saturated rings. The van der Waals surface area contributed by atoms with Gasteiger partial charge < -0.3 is 9.13 Å². The number of thiophene rings is 1. The quantitative estimate of drug-likeness (QED) is 0.188. The number of rotatable bonds is 3. The van der Waals surface area contributed by atoms with Gasteiger partial charge >= 0.3 is 0 Å². The third-order valence-electron chi connectivity index (χ3n) is 10.2. The van der Waals surface area contributed by atoms with E-state index in [4.69, 9.17) is 0 Å². The van der Waals surface area contributed by atoms with Crippen LogP contribution in [-0.2, 0) is 0 Å². The number of benzene rings is 7. The topological polar surface area (TPSA) is 22.8 Å². The Bertz CT molecular complexity index is 3060. The Labute approximate surface area is 285 Å². The van der Waals surface area contributed by atoms with E-state index in [9.17, 15) is 0 Å². The molecule has 11 aromatic rings. The second kappa shape index (κ2) is 10.1. The van der Waals surface area contributed by atoms with Crippen molar-refractivity contribution in [3.05, 3.63) is 164 Å². The molecule has 0 saturated heterocycles. The number of hydrogen-bond donors (Lipinski definition) is 0. The Kier molecular flexibility index (Phi) is 5.54. The third kappa shape index (κ3) is 3.75. The molecule has 0 N–H and O–H groups in total. The van der Waals surface area contributed by atoms with Gasteiger partial charge in [0.15, 0.2) is 0 Å². The first-order valence-electron chi connectivity index (χ1n) is 16.6. The van der Waals surface area contributed by atoms with Crippen molar-refractivity contribution >= 4 is 85.9 Å². The fourth-order valence-electron chi connectivity index (χ4n) is 8.10. The molecule has 0 amide bonds. The predicted octanol–water partition coefficient (Wildman–Crippen LogP) is 12.5. The van der Waals surface area contributed by atoms with Crippen LogP contribution in [0.1, 0.15) is 0 Å². The van der Waals surface area contributed by atoms with Gasteiger partial charge in [-0.2, -0.15) is 0 Å². The van der Waals surface area contributed by atoms with Crippen molar-refractivity contribution < 1.29 is 0 Å². The number of fused-ring (bicyclic) bond motifs is 10. The van der Waals surface area contributed by atoms with Gasteiger partial charge in [0.05, 0.1) is 33.4 Å². The van der Waals surface area contributed by atoms with Gasteiger partial charge in [-0.15, -0.1) is 11.3 Å². The highest BCUT2D eigenvalue weighted by atomic mass is 32.1. The molecule has 0 atom stereocenters. The first-order chi connectivity index (χ1) is 24.3. The van der Waals surface area contributed by atoms with Gasteiger partial charge in [0.25, 0.3) is 0 Å². The normalized spacial score (nSPS) is 12.1. The summed E-state index contributed by atoms with van der Waals surface area (Å²) in [5.74, 6) is 0. The molecular formula is C45H27N3S. The third-order valence-corrected chi connectivity index (χ3v) is 11.4. The Balaban J connectivity index is 1.30. The summed E-state index contributed by atoms with van der Waals surface area (Å²) in [6, 6.07) is 55.5. The molecule has 3 nitrogen and oxygen atoms in total. The summed E-state index contributed by atoms with van der Waals surface area (Å²) in [7, 11) is 0. The highest BCUT2D eigenvalue weighted by molar-refractivity contribution is 7.26. The fraction of sp³-hybridized carbons (Fsp3) is 0. The number of hydrogen-bond acceptors (Lipinski definition) is 2. The van der Waals surface area contributed by atoms with E-state index in [2.05, 4.69) is 166 Å². The van der Waals surface area contributed by atoms with E-state index >= 15 is 0 Å². The zero-order valence-electron chi connectivity index (χ0n) is 26.3. The van der Waals surface area contributed by atoms with Gasteiger partial charge in [-0.05, 0) is 59.5 Å². The number of aromatic nitrogens is 3. The van der Waals surface area contributed by atoms with E-state index in [1.165, 1.54) is 86.0 Å². The molecule has 0 aliphatic carbocycles. The lowest BCUT2D eigenvalue weighted by Gasteiger charge is -2.16. The van der Waals surface area contributed by atoms with Crippen molar-refractivity contribution in [1.29, 1.82) is 0 Å². The van der Waals surface area contributed by atoms with Crippen LogP contribution < -0.4 is 0 Å². The van der Waals surface area contributed by atoms with Crippen molar-refractivity contribution in [2.75, 3.05) is 0 Å². The maximum Gasteiger partial charge on any atom is 0.0556 e. The smallest absolute Gasteiger partial charge is 0.0556 e. The van der Waals surface area contributed by atoms with Crippen LogP contribution in [0.5, 0.6) is 0 Å². The minimum Gasteiger partial charge on any atom is -0.309 e. The van der Waals surface area contributed by atoms with Crippen LogP contribution in [-0.4, -0.2) is 14.1 Å². The summed E-state index contributed by atoms with van der Waals surface area (Å²) in [4.78, 5) is 4.54. The molecular weight excluding hydrogens is 615 g/mol. The zero-order valence-corrected chi connectivity index (χ0v) is 27.2. The molecule has 228 valence electrons. The average Bonchev–Trinajstić information content (AvgIpc) is 3.82. The maximum absolute atomic E-state index is 4.54. The molecule has 49 heavy (non-hydrogen) atoms. The van der Waals surface area contributed by atoms with Gasteiger partial charge in [-0.1, -0.05) is 103 Å². The molecule has 4 heteroatoms. The van der Waals surface area contributed by atoms with Crippen LogP contribution in [0.4, 0.5) is 0 Å². The first kappa shape index (κ1) is 26.8. The molecule has 0 aliphatic rings. The van der Waals surface area contributed by atoms with E-state index in [0.717, 1.165) is 11.1 Å². The van der Waals surface area contributed by atoms with Crippen molar-refractivity contribution in [3.63, 3.8) is 0 Å². The molecule has 4 aromatic heterocycles. The van der Waals surface area contributed by atoms with Gasteiger partial charge in [-0.3, -0.25) is 4.98 Å². The summed E-state index contributed by atoms with van der Waals surface area (Å²) in [5, 5.41) is 9.92. The molecule has 0 spiro atoms. The lowest BCUT2D eigenvalue weighted by atomic mass is 9.98. The van der Waals surface area contributed by atoms with E-state index in [-0.39, 0.29) is 0 Å². The fourth-order valence-corrected chi connectivity index (χ4v) is 9.37. The Hall–Kier alpha value is -6.23. The van der Waals surface area contributed by atoms with Gasteiger partial charge in [-0.25, -0.2) is 0 Å². The highest BCUT2D eigenvalue weighted by Gasteiger charge is 2.22. The van der Waals surface area contributed by atoms with E-state index in [0.29, 0.717) is 0 Å².